The van der Waals surface area contributed by atoms with E-state index in [1.807, 2.05) is 18.2 Å². The summed E-state index contributed by atoms with van der Waals surface area (Å²) in [6.45, 7) is 3.71. The van der Waals surface area contributed by atoms with Gasteiger partial charge in [-0.15, -0.1) is 0 Å². The third kappa shape index (κ3) is 4.35. The Kier molecular flexibility index (Phi) is 5.88. The molecule has 1 unspecified atom stereocenters. The van der Waals surface area contributed by atoms with E-state index >= 15 is 0 Å². The maximum Gasteiger partial charge on any atom is 0.159 e. The number of likely N-dealkylation sites (N-methyl/N-ethyl adjacent to an activating group) is 1. The number of rotatable bonds is 6. The highest BCUT2D eigenvalue weighted by Gasteiger charge is 2.15. The monoisotopic (exact) mass is 353 g/mol. The van der Waals surface area contributed by atoms with Crippen LogP contribution < -0.4 is 5.32 Å². The van der Waals surface area contributed by atoms with E-state index in [0.29, 0.717) is 6.42 Å². The molecule has 2 rings (SSSR count). The second-order valence-corrected chi connectivity index (χ2v) is 5.83. The van der Waals surface area contributed by atoms with Gasteiger partial charge in [-0.3, -0.25) is 0 Å². The molecular formula is C17H18BrF2N. The average molecular weight is 354 g/mol. The molecule has 0 saturated carbocycles. The molecule has 0 spiro atoms. The van der Waals surface area contributed by atoms with Gasteiger partial charge in [0.2, 0.25) is 0 Å². The van der Waals surface area contributed by atoms with Crippen molar-refractivity contribution in [2.75, 3.05) is 13.1 Å². The van der Waals surface area contributed by atoms with E-state index in [9.17, 15) is 8.78 Å². The Morgan fingerprint density at radius 2 is 1.86 bits per heavy atom. The molecule has 4 heteroatoms. The van der Waals surface area contributed by atoms with Crippen molar-refractivity contribution in [1.82, 2.24) is 5.32 Å². The zero-order valence-electron chi connectivity index (χ0n) is 11.9. The molecule has 112 valence electrons. The van der Waals surface area contributed by atoms with Gasteiger partial charge in [0.15, 0.2) is 11.6 Å². The van der Waals surface area contributed by atoms with Crippen molar-refractivity contribution in [3.05, 3.63) is 69.7 Å². The van der Waals surface area contributed by atoms with Crippen molar-refractivity contribution < 1.29 is 8.78 Å². The molecule has 0 aromatic heterocycles. The van der Waals surface area contributed by atoms with Gasteiger partial charge in [0, 0.05) is 16.9 Å². The maximum absolute atomic E-state index is 13.4. The molecule has 2 aromatic carbocycles. The molecule has 0 fully saturated rings. The van der Waals surface area contributed by atoms with E-state index < -0.39 is 11.6 Å². The van der Waals surface area contributed by atoms with Crippen LogP contribution in [0.1, 0.15) is 24.0 Å². The minimum atomic E-state index is -0.803. The molecule has 0 aliphatic rings. The topological polar surface area (TPSA) is 12.0 Å². The average Bonchev–Trinajstić information content (AvgIpc) is 2.48. The fourth-order valence-corrected chi connectivity index (χ4v) is 2.98. The predicted molar refractivity (Wildman–Crippen MR) is 85.5 cm³/mol. The van der Waals surface area contributed by atoms with Crippen LogP contribution in [0.15, 0.2) is 46.9 Å². The first-order valence-corrected chi connectivity index (χ1v) is 7.80. The fourth-order valence-electron chi connectivity index (χ4n) is 2.37. The van der Waals surface area contributed by atoms with Crippen LogP contribution in [0.25, 0.3) is 0 Å². The number of nitrogens with one attached hydrogen (secondary N) is 1. The van der Waals surface area contributed by atoms with Gasteiger partial charge < -0.3 is 5.32 Å². The first-order chi connectivity index (χ1) is 10.1. The Labute approximate surface area is 132 Å². The Morgan fingerprint density at radius 3 is 2.52 bits per heavy atom. The Hall–Kier alpha value is -1.26. The summed E-state index contributed by atoms with van der Waals surface area (Å²) in [5.41, 5.74) is 1.97. The van der Waals surface area contributed by atoms with Gasteiger partial charge in [0.05, 0.1) is 0 Å². The van der Waals surface area contributed by atoms with E-state index in [2.05, 4.69) is 34.2 Å². The highest BCUT2D eigenvalue weighted by Crippen LogP contribution is 2.28. The number of benzene rings is 2. The van der Waals surface area contributed by atoms with E-state index in [1.54, 1.807) is 6.07 Å². The van der Waals surface area contributed by atoms with Crippen molar-refractivity contribution in [3.8, 4) is 0 Å². The smallest absolute Gasteiger partial charge is 0.159 e. The van der Waals surface area contributed by atoms with E-state index in [-0.39, 0.29) is 5.92 Å². The summed E-state index contributed by atoms with van der Waals surface area (Å²) in [5.74, 6) is -1.39. The normalized spacial score (nSPS) is 12.4. The number of halogens is 3. The first kappa shape index (κ1) is 16.1. The van der Waals surface area contributed by atoms with Gasteiger partial charge in [0.25, 0.3) is 0 Å². The van der Waals surface area contributed by atoms with E-state index in [4.69, 9.17) is 0 Å². The molecule has 0 amide bonds. The van der Waals surface area contributed by atoms with Gasteiger partial charge in [-0.05, 0) is 42.3 Å². The van der Waals surface area contributed by atoms with Gasteiger partial charge in [-0.1, -0.05) is 47.1 Å². The SMILES string of the molecule is CCNCC(Cc1ccc(F)c(F)c1)c1ccccc1Br. The van der Waals surface area contributed by atoms with Crippen molar-refractivity contribution >= 4 is 15.9 Å². The summed E-state index contributed by atoms with van der Waals surface area (Å²) in [6, 6.07) is 12.1. The lowest BCUT2D eigenvalue weighted by atomic mass is 9.92. The standard InChI is InChI=1S/C17H18BrF2N/c1-2-21-11-13(14-5-3-4-6-15(14)18)9-12-7-8-16(19)17(20)10-12/h3-8,10,13,21H,2,9,11H2,1H3. The maximum atomic E-state index is 13.4. The van der Waals surface area contributed by atoms with E-state index in [1.165, 1.54) is 17.7 Å². The van der Waals surface area contributed by atoms with Crippen molar-refractivity contribution in [2.24, 2.45) is 0 Å². The van der Waals surface area contributed by atoms with Crippen molar-refractivity contribution in [3.63, 3.8) is 0 Å². The number of hydrogen-bond acceptors (Lipinski definition) is 1. The van der Waals surface area contributed by atoms with Crippen LogP contribution in [-0.2, 0) is 6.42 Å². The number of hydrogen-bond donors (Lipinski definition) is 1. The fraction of sp³-hybridized carbons (Fsp3) is 0.294. The molecule has 2 aromatic rings. The molecule has 0 radical (unpaired) electrons. The summed E-state index contributed by atoms with van der Waals surface area (Å²) in [5, 5.41) is 3.33. The van der Waals surface area contributed by atoms with Gasteiger partial charge >= 0.3 is 0 Å². The minimum Gasteiger partial charge on any atom is -0.316 e. The lowest BCUT2D eigenvalue weighted by Crippen LogP contribution is -2.23. The summed E-state index contributed by atoms with van der Waals surface area (Å²) in [7, 11) is 0. The lowest BCUT2D eigenvalue weighted by Gasteiger charge is -2.19. The zero-order chi connectivity index (χ0) is 15.2. The third-order valence-corrected chi connectivity index (χ3v) is 4.17. The van der Waals surface area contributed by atoms with Crippen LogP contribution in [0.2, 0.25) is 0 Å². The van der Waals surface area contributed by atoms with Gasteiger partial charge in [0.1, 0.15) is 0 Å². The second-order valence-electron chi connectivity index (χ2n) is 4.98. The van der Waals surface area contributed by atoms with Crippen LogP contribution in [0.5, 0.6) is 0 Å². The third-order valence-electron chi connectivity index (χ3n) is 3.45. The van der Waals surface area contributed by atoms with Gasteiger partial charge in [-0.25, -0.2) is 8.78 Å². The molecule has 0 aliphatic heterocycles. The Balaban J connectivity index is 2.24. The van der Waals surface area contributed by atoms with Crippen LogP contribution in [-0.4, -0.2) is 13.1 Å². The Morgan fingerprint density at radius 1 is 1.10 bits per heavy atom. The van der Waals surface area contributed by atoms with E-state index in [0.717, 1.165) is 23.1 Å². The summed E-state index contributed by atoms with van der Waals surface area (Å²) in [4.78, 5) is 0. The molecular weight excluding hydrogens is 336 g/mol. The summed E-state index contributed by atoms with van der Waals surface area (Å²) in [6.07, 6.45) is 0.660. The second kappa shape index (κ2) is 7.66. The molecule has 1 nitrogen and oxygen atoms in total. The molecule has 0 heterocycles. The first-order valence-electron chi connectivity index (χ1n) is 7.01. The predicted octanol–water partition coefficient (Wildman–Crippen LogP) is 4.66. The molecule has 1 N–H and O–H groups in total. The minimum absolute atomic E-state index is 0.199. The molecule has 0 bridgehead atoms. The summed E-state index contributed by atoms with van der Waals surface area (Å²) >= 11 is 3.57. The van der Waals surface area contributed by atoms with Gasteiger partial charge in [-0.2, -0.15) is 0 Å². The molecule has 0 aliphatic carbocycles. The lowest BCUT2D eigenvalue weighted by molar-refractivity contribution is 0.505. The van der Waals surface area contributed by atoms with Crippen LogP contribution in [0.4, 0.5) is 8.78 Å². The highest BCUT2D eigenvalue weighted by molar-refractivity contribution is 9.10. The molecule has 21 heavy (non-hydrogen) atoms. The quantitative estimate of drug-likeness (QED) is 0.795. The van der Waals surface area contributed by atoms with Crippen molar-refractivity contribution in [2.45, 2.75) is 19.3 Å². The van der Waals surface area contributed by atoms with Crippen LogP contribution in [0.3, 0.4) is 0 Å². The molecule has 1 atom stereocenters. The highest BCUT2D eigenvalue weighted by atomic mass is 79.9. The van der Waals surface area contributed by atoms with Crippen molar-refractivity contribution in [1.29, 1.82) is 0 Å². The Bertz CT molecular complexity index is 601. The van der Waals surface area contributed by atoms with Crippen LogP contribution in [0, 0.1) is 11.6 Å². The van der Waals surface area contributed by atoms with Crippen LogP contribution >= 0.6 is 15.9 Å². The molecule has 0 saturated heterocycles. The summed E-state index contributed by atoms with van der Waals surface area (Å²) < 4.78 is 27.4. The zero-order valence-corrected chi connectivity index (χ0v) is 13.5. The largest absolute Gasteiger partial charge is 0.316 e.